The highest BCUT2D eigenvalue weighted by Gasteiger charge is 2.26. The van der Waals surface area contributed by atoms with Crippen molar-refractivity contribution in [3.8, 4) is 0 Å². The van der Waals surface area contributed by atoms with Gasteiger partial charge in [-0.25, -0.2) is 4.79 Å². The standard InChI is InChI=1S/C21H24BrN3O2/c1-13(26)25-10-9-14-11-16(22)12-18(19(14)25)24-20(27)23-17-7-5-15(6-8-17)21(2,3)4/h5-8,11-12H,9-10H2,1-4H3,(H2,23,24,27). The van der Waals surface area contributed by atoms with E-state index in [4.69, 9.17) is 0 Å². The monoisotopic (exact) mass is 429 g/mol. The van der Waals surface area contributed by atoms with Crippen LogP contribution in [0.5, 0.6) is 0 Å². The summed E-state index contributed by atoms with van der Waals surface area (Å²) in [6.07, 6.45) is 0.777. The molecule has 2 aromatic carbocycles. The van der Waals surface area contributed by atoms with E-state index < -0.39 is 0 Å². The van der Waals surface area contributed by atoms with E-state index in [2.05, 4.69) is 47.3 Å². The normalized spacial score (nSPS) is 13.3. The Morgan fingerprint density at radius 2 is 1.74 bits per heavy atom. The number of fused-ring (bicyclic) bond motifs is 1. The maximum Gasteiger partial charge on any atom is 0.323 e. The van der Waals surface area contributed by atoms with Crippen LogP contribution in [0.1, 0.15) is 38.8 Å². The predicted octanol–water partition coefficient (Wildman–Crippen LogP) is 5.30. The molecule has 2 aromatic rings. The molecule has 0 aliphatic carbocycles. The SMILES string of the molecule is CC(=O)N1CCc2cc(Br)cc(NC(=O)Nc3ccc(C(C)(C)C)cc3)c21. The average molecular weight is 430 g/mol. The van der Waals surface area contributed by atoms with Crippen LogP contribution in [0.4, 0.5) is 21.9 Å². The number of amides is 3. The number of urea groups is 1. The van der Waals surface area contributed by atoms with Gasteiger partial charge in [-0.3, -0.25) is 4.79 Å². The molecule has 1 aliphatic heterocycles. The number of hydrogen-bond donors (Lipinski definition) is 2. The van der Waals surface area contributed by atoms with Crippen LogP contribution in [0.15, 0.2) is 40.9 Å². The van der Waals surface area contributed by atoms with E-state index in [-0.39, 0.29) is 17.4 Å². The van der Waals surface area contributed by atoms with Gasteiger partial charge < -0.3 is 15.5 Å². The third kappa shape index (κ3) is 4.33. The summed E-state index contributed by atoms with van der Waals surface area (Å²) >= 11 is 3.48. The van der Waals surface area contributed by atoms with Crippen LogP contribution in [0.3, 0.4) is 0 Å². The van der Waals surface area contributed by atoms with Crippen molar-refractivity contribution in [3.05, 3.63) is 52.0 Å². The Morgan fingerprint density at radius 3 is 2.33 bits per heavy atom. The minimum Gasteiger partial charge on any atom is -0.310 e. The van der Waals surface area contributed by atoms with Crippen molar-refractivity contribution in [1.82, 2.24) is 0 Å². The Labute approximate surface area is 168 Å². The van der Waals surface area contributed by atoms with E-state index >= 15 is 0 Å². The lowest BCUT2D eigenvalue weighted by Crippen LogP contribution is -2.28. The Bertz CT molecular complexity index is 886. The van der Waals surface area contributed by atoms with Crippen LogP contribution in [0, 0.1) is 0 Å². The zero-order valence-electron chi connectivity index (χ0n) is 16.0. The van der Waals surface area contributed by atoms with Crippen LogP contribution in [0.2, 0.25) is 0 Å². The van der Waals surface area contributed by atoms with Gasteiger partial charge in [-0.15, -0.1) is 0 Å². The first-order chi connectivity index (χ1) is 12.6. The number of hydrogen-bond acceptors (Lipinski definition) is 2. The van der Waals surface area contributed by atoms with Crippen LogP contribution >= 0.6 is 15.9 Å². The zero-order chi connectivity index (χ0) is 19.8. The van der Waals surface area contributed by atoms with Gasteiger partial charge in [0, 0.05) is 23.6 Å². The van der Waals surface area contributed by atoms with Crippen LogP contribution in [0.25, 0.3) is 0 Å². The first-order valence-corrected chi connectivity index (χ1v) is 9.73. The summed E-state index contributed by atoms with van der Waals surface area (Å²) in [4.78, 5) is 26.1. The smallest absolute Gasteiger partial charge is 0.310 e. The van der Waals surface area contributed by atoms with Crippen LogP contribution in [-0.2, 0) is 16.6 Å². The minimum atomic E-state index is -0.339. The molecule has 142 valence electrons. The molecule has 6 heteroatoms. The largest absolute Gasteiger partial charge is 0.323 e. The summed E-state index contributed by atoms with van der Waals surface area (Å²) in [5.74, 6) is -0.0303. The van der Waals surface area contributed by atoms with E-state index in [9.17, 15) is 9.59 Å². The lowest BCUT2D eigenvalue weighted by molar-refractivity contribution is -0.116. The fourth-order valence-electron chi connectivity index (χ4n) is 3.26. The number of carbonyl (C=O) groups is 2. The second kappa shape index (κ2) is 7.35. The molecule has 0 fully saturated rings. The molecule has 1 aliphatic rings. The first kappa shape index (κ1) is 19.4. The number of carbonyl (C=O) groups excluding carboxylic acids is 2. The van der Waals surface area contributed by atoms with Crippen molar-refractivity contribution in [2.75, 3.05) is 22.1 Å². The highest BCUT2D eigenvalue weighted by Crippen LogP contribution is 2.38. The molecule has 0 unspecified atom stereocenters. The van der Waals surface area contributed by atoms with Crippen LogP contribution in [-0.4, -0.2) is 18.5 Å². The maximum absolute atomic E-state index is 12.5. The fraction of sp³-hybridized carbons (Fsp3) is 0.333. The molecule has 0 spiro atoms. The van der Waals surface area contributed by atoms with E-state index in [0.29, 0.717) is 12.2 Å². The second-order valence-electron chi connectivity index (χ2n) is 7.79. The average Bonchev–Trinajstić information content (AvgIpc) is 2.98. The number of nitrogens with one attached hydrogen (secondary N) is 2. The number of benzene rings is 2. The third-order valence-corrected chi connectivity index (χ3v) is 5.12. The summed E-state index contributed by atoms with van der Waals surface area (Å²) in [7, 11) is 0. The van der Waals surface area contributed by atoms with Gasteiger partial charge in [0.15, 0.2) is 0 Å². The van der Waals surface area contributed by atoms with E-state index in [1.165, 1.54) is 12.5 Å². The summed E-state index contributed by atoms with van der Waals surface area (Å²) in [5.41, 5.74) is 4.43. The first-order valence-electron chi connectivity index (χ1n) is 8.94. The van der Waals surface area contributed by atoms with Gasteiger partial charge in [-0.2, -0.15) is 0 Å². The van der Waals surface area contributed by atoms with E-state index in [1.54, 1.807) is 4.90 Å². The second-order valence-corrected chi connectivity index (χ2v) is 8.70. The molecular formula is C21H24BrN3O2. The molecule has 3 rings (SSSR count). The van der Waals surface area contributed by atoms with Gasteiger partial charge in [-0.05, 0) is 47.2 Å². The van der Waals surface area contributed by atoms with Crippen LogP contribution < -0.4 is 15.5 Å². The molecule has 0 atom stereocenters. The van der Waals surface area contributed by atoms with Gasteiger partial charge in [0.25, 0.3) is 0 Å². The molecule has 3 amide bonds. The fourth-order valence-corrected chi connectivity index (χ4v) is 3.76. The van der Waals surface area contributed by atoms with Gasteiger partial charge in [0.2, 0.25) is 5.91 Å². The van der Waals surface area contributed by atoms with E-state index in [1.807, 2.05) is 36.4 Å². The van der Waals surface area contributed by atoms with E-state index in [0.717, 1.165) is 27.8 Å². The summed E-state index contributed by atoms with van der Waals surface area (Å²) in [6, 6.07) is 11.3. The number of nitrogens with zero attached hydrogens (tertiary/aromatic N) is 1. The number of rotatable bonds is 2. The Morgan fingerprint density at radius 1 is 1.07 bits per heavy atom. The van der Waals surface area contributed by atoms with Gasteiger partial charge in [0.05, 0.1) is 11.4 Å². The van der Waals surface area contributed by atoms with Crippen molar-refractivity contribution in [2.45, 2.75) is 39.5 Å². The quantitative estimate of drug-likeness (QED) is 0.679. The molecule has 27 heavy (non-hydrogen) atoms. The van der Waals surface area contributed by atoms with Gasteiger partial charge in [-0.1, -0.05) is 48.8 Å². The third-order valence-electron chi connectivity index (χ3n) is 4.67. The Balaban J connectivity index is 1.78. The van der Waals surface area contributed by atoms with Crippen molar-refractivity contribution in [2.24, 2.45) is 0 Å². The minimum absolute atomic E-state index is 0.0303. The lowest BCUT2D eigenvalue weighted by atomic mass is 9.87. The lowest BCUT2D eigenvalue weighted by Gasteiger charge is -2.20. The highest BCUT2D eigenvalue weighted by molar-refractivity contribution is 9.10. The summed E-state index contributed by atoms with van der Waals surface area (Å²) in [5, 5.41) is 5.74. The topological polar surface area (TPSA) is 61.4 Å². The molecule has 0 aromatic heterocycles. The molecule has 5 nitrogen and oxygen atoms in total. The number of halogens is 1. The van der Waals surface area contributed by atoms with Gasteiger partial charge >= 0.3 is 6.03 Å². The summed E-state index contributed by atoms with van der Waals surface area (Å²) < 4.78 is 0.872. The molecule has 0 saturated heterocycles. The highest BCUT2D eigenvalue weighted by atomic mass is 79.9. The van der Waals surface area contributed by atoms with Crippen molar-refractivity contribution >= 4 is 44.9 Å². The van der Waals surface area contributed by atoms with Gasteiger partial charge in [0.1, 0.15) is 0 Å². The Hall–Kier alpha value is -2.34. The predicted molar refractivity (Wildman–Crippen MR) is 114 cm³/mol. The molecule has 2 N–H and O–H groups in total. The zero-order valence-corrected chi connectivity index (χ0v) is 17.6. The molecule has 1 heterocycles. The summed E-state index contributed by atoms with van der Waals surface area (Å²) in [6.45, 7) is 8.62. The molecule has 0 bridgehead atoms. The molecule has 0 saturated carbocycles. The van der Waals surface area contributed by atoms with Crippen molar-refractivity contribution in [1.29, 1.82) is 0 Å². The van der Waals surface area contributed by atoms with Crippen molar-refractivity contribution < 1.29 is 9.59 Å². The number of anilines is 3. The Kier molecular flexibility index (Phi) is 5.29. The van der Waals surface area contributed by atoms with Crippen molar-refractivity contribution in [3.63, 3.8) is 0 Å². The molecule has 0 radical (unpaired) electrons. The maximum atomic E-state index is 12.5. The molecular weight excluding hydrogens is 406 g/mol.